The number of ether oxygens (including phenoxy) is 1. The summed E-state index contributed by atoms with van der Waals surface area (Å²) in [6, 6.07) is 12.9. The molecule has 0 fully saturated rings. The van der Waals surface area contributed by atoms with Crippen molar-refractivity contribution in [1.82, 2.24) is 9.97 Å². The van der Waals surface area contributed by atoms with E-state index in [0.717, 1.165) is 23.4 Å². The van der Waals surface area contributed by atoms with Gasteiger partial charge in [-0.1, -0.05) is 30.8 Å². The van der Waals surface area contributed by atoms with Crippen molar-refractivity contribution in [3.63, 3.8) is 0 Å². The van der Waals surface area contributed by atoms with E-state index in [1.165, 1.54) is 17.8 Å². The lowest BCUT2D eigenvalue weighted by Crippen LogP contribution is -1.98. The van der Waals surface area contributed by atoms with Crippen LogP contribution in [0.25, 0.3) is 0 Å². The van der Waals surface area contributed by atoms with Crippen LogP contribution in [0.2, 0.25) is 0 Å². The second kappa shape index (κ2) is 8.27. The molecule has 1 aromatic heterocycles. The fourth-order valence-electron chi connectivity index (χ4n) is 2.34. The van der Waals surface area contributed by atoms with Crippen LogP contribution < -0.4 is 4.74 Å². The SMILES string of the molecule is CCc1cc(Oc2cccc(C)c2)nc(SCc2cc(F)ccc2F)n1. The van der Waals surface area contributed by atoms with E-state index in [-0.39, 0.29) is 11.3 Å². The van der Waals surface area contributed by atoms with E-state index >= 15 is 0 Å². The lowest BCUT2D eigenvalue weighted by molar-refractivity contribution is 0.453. The molecule has 0 aliphatic carbocycles. The van der Waals surface area contributed by atoms with Crippen molar-refractivity contribution >= 4 is 11.8 Å². The summed E-state index contributed by atoms with van der Waals surface area (Å²) in [6.07, 6.45) is 0.717. The van der Waals surface area contributed by atoms with Gasteiger partial charge in [-0.3, -0.25) is 0 Å². The minimum absolute atomic E-state index is 0.237. The number of halogens is 2. The average Bonchev–Trinajstić information content (AvgIpc) is 2.62. The van der Waals surface area contributed by atoms with Crippen LogP contribution in [0.5, 0.6) is 11.6 Å². The minimum atomic E-state index is -0.464. The summed E-state index contributed by atoms with van der Waals surface area (Å²) in [6.45, 7) is 3.97. The number of aryl methyl sites for hydroxylation is 2. The first kappa shape index (κ1) is 18.3. The Balaban J connectivity index is 1.79. The molecular formula is C20H18F2N2OS. The van der Waals surface area contributed by atoms with Crippen molar-refractivity contribution in [1.29, 1.82) is 0 Å². The molecule has 0 unspecified atom stereocenters. The van der Waals surface area contributed by atoms with Gasteiger partial charge in [0, 0.05) is 23.1 Å². The number of hydrogen-bond acceptors (Lipinski definition) is 4. The number of aromatic nitrogens is 2. The largest absolute Gasteiger partial charge is 0.439 e. The van der Waals surface area contributed by atoms with Gasteiger partial charge in [0.15, 0.2) is 5.16 Å². The fraction of sp³-hybridized carbons (Fsp3) is 0.200. The van der Waals surface area contributed by atoms with Gasteiger partial charge in [-0.15, -0.1) is 0 Å². The highest BCUT2D eigenvalue weighted by molar-refractivity contribution is 7.98. The summed E-state index contributed by atoms with van der Waals surface area (Å²) in [7, 11) is 0. The smallest absolute Gasteiger partial charge is 0.223 e. The van der Waals surface area contributed by atoms with E-state index in [2.05, 4.69) is 9.97 Å². The van der Waals surface area contributed by atoms with Crippen molar-refractivity contribution in [3.05, 3.63) is 77.0 Å². The Morgan fingerprint density at radius 3 is 2.65 bits per heavy atom. The van der Waals surface area contributed by atoms with Crippen LogP contribution in [0.15, 0.2) is 53.7 Å². The quantitative estimate of drug-likeness (QED) is 0.410. The summed E-state index contributed by atoms with van der Waals surface area (Å²) in [4.78, 5) is 8.82. The third-order valence-corrected chi connectivity index (χ3v) is 4.57. The van der Waals surface area contributed by atoms with Gasteiger partial charge in [0.05, 0.1) is 0 Å². The maximum Gasteiger partial charge on any atom is 0.223 e. The van der Waals surface area contributed by atoms with Crippen LogP contribution in [-0.4, -0.2) is 9.97 Å². The Kier molecular flexibility index (Phi) is 5.83. The van der Waals surface area contributed by atoms with E-state index in [4.69, 9.17) is 4.74 Å². The first-order valence-electron chi connectivity index (χ1n) is 8.22. The van der Waals surface area contributed by atoms with Crippen molar-refractivity contribution in [2.24, 2.45) is 0 Å². The second-order valence-electron chi connectivity index (χ2n) is 5.78. The topological polar surface area (TPSA) is 35.0 Å². The molecule has 3 rings (SSSR count). The molecule has 2 aromatic carbocycles. The maximum atomic E-state index is 13.8. The van der Waals surface area contributed by atoms with Crippen molar-refractivity contribution in [2.45, 2.75) is 31.2 Å². The molecule has 0 aliphatic rings. The molecule has 0 atom stereocenters. The summed E-state index contributed by atoms with van der Waals surface area (Å²) >= 11 is 1.24. The minimum Gasteiger partial charge on any atom is -0.439 e. The van der Waals surface area contributed by atoms with Crippen molar-refractivity contribution in [3.8, 4) is 11.6 Å². The van der Waals surface area contributed by atoms with Gasteiger partial charge >= 0.3 is 0 Å². The highest BCUT2D eigenvalue weighted by Gasteiger charge is 2.10. The molecule has 3 aromatic rings. The third-order valence-electron chi connectivity index (χ3n) is 3.67. The Morgan fingerprint density at radius 2 is 1.88 bits per heavy atom. The molecule has 0 saturated carbocycles. The molecule has 134 valence electrons. The molecule has 0 bridgehead atoms. The summed E-state index contributed by atoms with van der Waals surface area (Å²) < 4.78 is 32.9. The van der Waals surface area contributed by atoms with Crippen LogP contribution in [0.1, 0.15) is 23.7 Å². The lowest BCUT2D eigenvalue weighted by Gasteiger charge is -2.09. The Bertz CT molecular complexity index is 918. The molecule has 0 N–H and O–H groups in total. The van der Waals surface area contributed by atoms with E-state index in [1.54, 1.807) is 6.07 Å². The van der Waals surface area contributed by atoms with E-state index in [9.17, 15) is 8.78 Å². The van der Waals surface area contributed by atoms with Crippen molar-refractivity contribution in [2.75, 3.05) is 0 Å². The van der Waals surface area contributed by atoms with Gasteiger partial charge in [0.2, 0.25) is 5.88 Å². The molecular weight excluding hydrogens is 354 g/mol. The van der Waals surface area contributed by atoms with Crippen LogP contribution >= 0.6 is 11.8 Å². The Morgan fingerprint density at radius 1 is 1.04 bits per heavy atom. The van der Waals surface area contributed by atoms with Gasteiger partial charge < -0.3 is 4.74 Å². The number of nitrogens with zero attached hydrogens (tertiary/aromatic N) is 2. The molecule has 6 heteroatoms. The summed E-state index contributed by atoms with van der Waals surface area (Å²) in [5.74, 6) is 0.457. The third kappa shape index (κ3) is 4.79. The molecule has 0 saturated heterocycles. The highest BCUT2D eigenvalue weighted by Crippen LogP contribution is 2.26. The highest BCUT2D eigenvalue weighted by atomic mass is 32.2. The Labute approximate surface area is 155 Å². The predicted molar refractivity (Wildman–Crippen MR) is 98.6 cm³/mol. The lowest BCUT2D eigenvalue weighted by atomic mass is 10.2. The van der Waals surface area contributed by atoms with Crippen LogP contribution in [0.3, 0.4) is 0 Å². The first-order chi connectivity index (χ1) is 12.5. The van der Waals surface area contributed by atoms with Crippen LogP contribution in [0, 0.1) is 18.6 Å². The molecule has 0 aliphatic heterocycles. The van der Waals surface area contributed by atoms with Gasteiger partial charge in [-0.25, -0.2) is 13.8 Å². The van der Waals surface area contributed by atoms with Crippen molar-refractivity contribution < 1.29 is 13.5 Å². The van der Waals surface area contributed by atoms with Gasteiger partial charge in [-0.2, -0.15) is 4.98 Å². The van der Waals surface area contributed by atoms with Gasteiger partial charge in [0.25, 0.3) is 0 Å². The van der Waals surface area contributed by atoms with E-state index in [0.29, 0.717) is 23.2 Å². The average molecular weight is 372 g/mol. The maximum absolute atomic E-state index is 13.8. The Hall–Kier alpha value is -2.47. The van der Waals surface area contributed by atoms with E-state index in [1.807, 2.05) is 38.1 Å². The molecule has 0 radical (unpaired) electrons. The fourth-order valence-corrected chi connectivity index (χ4v) is 3.19. The zero-order chi connectivity index (χ0) is 18.5. The standard InChI is InChI=1S/C20H18F2N2OS/c1-3-16-11-19(25-17-6-4-5-13(2)9-17)24-20(23-16)26-12-14-10-15(21)7-8-18(14)22/h4-11H,3,12H2,1-2H3. The molecule has 26 heavy (non-hydrogen) atoms. The van der Waals surface area contributed by atoms with Crippen LogP contribution in [-0.2, 0) is 12.2 Å². The predicted octanol–water partition coefficient (Wildman–Crippen LogP) is 5.71. The zero-order valence-corrected chi connectivity index (χ0v) is 15.3. The van der Waals surface area contributed by atoms with E-state index < -0.39 is 11.6 Å². The summed E-state index contributed by atoms with van der Waals surface area (Å²) in [5, 5.41) is 0.468. The zero-order valence-electron chi connectivity index (χ0n) is 14.5. The van der Waals surface area contributed by atoms with Crippen LogP contribution in [0.4, 0.5) is 8.78 Å². The molecule has 3 nitrogen and oxygen atoms in total. The van der Waals surface area contributed by atoms with Gasteiger partial charge in [0.1, 0.15) is 17.4 Å². The van der Waals surface area contributed by atoms with Gasteiger partial charge in [-0.05, 0) is 49.2 Å². The normalized spacial score (nSPS) is 10.8. The number of hydrogen-bond donors (Lipinski definition) is 0. The number of thioether (sulfide) groups is 1. The monoisotopic (exact) mass is 372 g/mol. The second-order valence-corrected chi connectivity index (χ2v) is 6.72. The number of benzene rings is 2. The molecule has 1 heterocycles. The number of rotatable bonds is 6. The summed E-state index contributed by atoms with van der Waals surface area (Å²) in [5.41, 5.74) is 2.19. The first-order valence-corrected chi connectivity index (χ1v) is 9.21. The molecule has 0 spiro atoms. The molecule has 0 amide bonds.